The Labute approximate surface area is 147 Å². The number of anilines is 1. The number of benzene rings is 1. The Balaban J connectivity index is 1.52. The van der Waals surface area contributed by atoms with E-state index in [4.69, 9.17) is 14.5 Å². The summed E-state index contributed by atoms with van der Waals surface area (Å²) in [5.41, 5.74) is 0.923. The van der Waals surface area contributed by atoms with Crippen LogP contribution in [0.2, 0.25) is 0 Å². The van der Waals surface area contributed by atoms with Gasteiger partial charge < -0.3 is 19.3 Å². The number of carbonyl (C=O) groups is 1. The predicted molar refractivity (Wildman–Crippen MR) is 96.1 cm³/mol. The van der Waals surface area contributed by atoms with Gasteiger partial charge in [0.1, 0.15) is 11.6 Å². The molecule has 0 N–H and O–H groups in total. The van der Waals surface area contributed by atoms with Crippen molar-refractivity contribution < 1.29 is 14.3 Å². The van der Waals surface area contributed by atoms with Crippen LogP contribution in [0.5, 0.6) is 5.75 Å². The summed E-state index contributed by atoms with van der Waals surface area (Å²) in [7, 11) is 1.66. The molecule has 6 nitrogen and oxygen atoms in total. The molecular weight excluding hydrogens is 318 g/mol. The summed E-state index contributed by atoms with van der Waals surface area (Å²) in [6.45, 7) is 3.57. The Morgan fingerprint density at radius 3 is 2.84 bits per heavy atom. The van der Waals surface area contributed by atoms with E-state index < -0.39 is 0 Å². The molecule has 2 aromatic rings. The number of hydrogen-bond acceptors (Lipinski definition) is 5. The molecule has 2 fully saturated rings. The molecule has 0 spiro atoms. The lowest BCUT2D eigenvalue weighted by atomic mass is 10.2. The molecule has 6 heteroatoms. The van der Waals surface area contributed by atoms with Crippen LogP contribution in [0.15, 0.2) is 30.3 Å². The number of rotatable bonds is 3. The van der Waals surface area contributed by atoms with Crippen LogP contribution in [-0.2, 0) is 9.53 Å². The standard InChI is InChI=1S/C19H23N3O3/c1-24-15-5-6-16-14(12-15)4-7-18(20-16)22-10-11-25-17(13-22)19(23)21-8-2-3-9-21/h4-7,12,17H,2-3,8-11,13H2,1H3. The van der Waals surface area contributed by atoms with E-state index in [0.717, 1.165) is 54.9 Å². The molecule has 0 saturated carbocycles. The molecule has 25 heavy (non-hydrogen) atoms. The van der Waals surface area contributed by atoms with Crippen LogP contribution in [-0.4, -0.2) is 61.8 Å². The van der Waals surface area contributed by atoms with E-state index in [-0.39, 0.29) is 12.0 Å². The molecule has 2 aliphatic heterocycles. The van der Waals surface area contributed by atoms with Gasteiger partial charge in [-0.2, -0.15) is 0 Å². The fourth-order valence-corrected chi connectivity index (χ4v) is 3.54. The smallest absolute Gasteiger partial charge is 0.253 e. The minimum atomic E-state index is -0.389. The monoisotopic (exact) mass is 341 g/mol. The summed E-state index contributed by atoms with van der Waals surface area (Å²) in [5, 5.41) is 1.04. The van der Waals surface area contributed by atoms with Gasteiger partial charge in [-0.3, -0.25) is 4.79 Å². The topological polar surface area (TPSA) is 54.9 Å². The third-order valence-corrected chi connectivity index (χ3v) is 4.97. The van der Waals surface area contributed by atoms with Crippen molar-refractivity contribution in [3.05, 3.63) is 30.3 Å². The average molecular weight is 341 g/mol. The second-order valence-electron chi connectivity index (χ2n) is 6.57. The van der Waals surface area contributed by atoms with Gasteiger partial charge in [0.15, 0.2) is 6.10 Å². The second-order valence-corrected chi connectivity index (χ2v) is 6.57. The molecule has 4 rings (SSSR count). The number of carbonyl (C=O) groups excluding carboxylic acids is 1. The summed E-state index contributed by atoms with van der Waals surface area (Å²) in [6, 6.07) is 9.91. The van der Waals surface area contributed by atoms with Crippen molar-refractivity contribution in [1.29, 1.82) is 0 Å². The highest BCUT2D eigenvalue weighted by Gasteiger charge is 2.31. The number of methoxy groups -OCH3 is 1. The summed E-state index contributed by atoms with van der Waals surface area (Å²) in [6.07, 6.45) is 1.80. The molecule has 1 aromatic heterocycles. The molecule has 2 saturated heterocycles. The van der Waals surface area contributed by atoms with E-state index in [1.54, 1.807) is 7.11 Å². The van der Waals surface area contributed by atoms with Crippen molar-refractivity contribution in [3.63, 3.8) is 0 Å². The third-order valence-electron chi connectivity index (χ3n) is 4.97. The zero-order chi connectivity index (χ0) is 17.2. The Bertz CT molecular complexity index is 774. The number of amides is 1. The van der Waals surface area contributed by atoms with Crippen LogP contribution in [0.3, 0.4) is 0 Å². The van der Waals surface area contributed by atoms with Crippen LogP contribution in [0.4, 0.5) is 5.82 Å². The van der Waals surface area contributed by atoms with E-state index in [1.807, 2.05) is 35.2 Å². The second kappa shape index (κ2) is 6.88. The molecule has 1 aromatic carbocycles. The molecule has 1 unspecified atom stereocenters. The average Bonchev–Trinajstić information content (AvgIpc) is 3.21. The van der Waals surface area contributed by atoms with Gasteiger partial charge in [-0.1, -0.05) is 0 Å². The van der Waals surface area contributed by atoms with E-state index in [9.17, 15) is 4.79 Å². The van der Waals surface area contributed by atoms with Crippen molar-refractivity contribution in [2.45, 2.75) is 18.9 Å². The quantitative estimate of drug-likeness (QED) is 0.855. The van der Waals surface area contributed by atoms with Crippen molar-refractivity contribution in [2.75, 3.05) is 44.8 Å². The molecule has 0 aliphatic carbocycles. The van der Waals surface area contributed by atoms with Crippen molar-refractivity contribution in [1.82, 2.24) is 9.88 Å². The summed E-state index contributed by atoms with van der Waals surface area (Å²) >= 11 is 0. The van der Waals surface area contributed by atoms with Crippen molar-refractivity contribution >= 4 is 22.6 Å². The number of pyridine rings is 1. The first-order valence-corrected chi connectivity index (χ1v) is 8.85. The summed E-state index contributed by atoms with van der Waals surface area (Å²) < 4.78 is 11.0. The highest BCUT2D eigenvalue weighted by atomic mass is 16.5. The molecular formula is C19H23N3O3. The predicted octanol–water partition coefficient (Wildman–Crippen LogP) is 2.07. The van der Waals surface area contributed by atoms with Gasteiger partial charge in [0.25, 0.3) is 5.91 Å². The molecule has 132 valence electrons. The van der Waals surface area contributed by atoms with Gasteiger partial charge >= 0.3 is 0 Å². The first-order chi connectivity index (χ1) is 12.2. The van der Waals surface area contributed by atoms with Crippen molar-refractivity contribution in [2.24, 2.45) is 0 Å². The SMILES string of the molecule is COc1ccc2nc(N3CCOC(C(=O)N4CCCC4)C3)ccc2c1. The number of aromatic nitrogens is 1. The van der Waals surface area contributed by atoms with Crippen LogP contribution in [0.1, 0.15) is 12.8 Å². The van der Waals surface area contributed by atoms with Crippen LogP contribution >= 0.6 is 0 Å². The third kappa shape index (κ3) is 3.26. The number of fused-ring (bicyclic) bond motifs is 1. The maximum atomic E-state index is 12.6. The lowest BCUT2D eigenvalue weighted by Crippen LogP contribution is -2.50. The first kappa shape index (κ1) is 16.1. The van der Waals surface area contributed by atoms with E-state index in [0.29, 0.717) is 13.2 Å². The summed E-state index contributed by atoms with van der Waals surface area (Å²) in [5.74, 6) is 1.83. The maximum Gasteiger partial charge on any atom is 0.253 e. The molecule has 1 atom stereocenters. The zero-order valence-electron chi connectivity index (χ0n) is 14.5. The van der Waals surface area contributed by atoms with Crippen LogP contribution < -0.4 is 9.64 Å². The Morgan fingerprint density at radius 2 is 2.04 bits per heavy atom. The largest absolute Gasteiger partial charge is 0.497 e. The minimum Gasteiger partial charge on any atom is -0.497 e. The lowest BCUT2D eigenvalue weighted by molar-refractivity contribution is -0.143. The van der Waals surface area contributed by atoms with Gasteiger partial charge in [-0.15, -0.1) is 0 Å². The first-order valence-electron chi connectivity index (χ1n) is 8.85. The molecule has 2 aliphatic rings. The highest BCUT2D eigenvalue weighted by Crippen LogP contribution is 2.24. The van der Waals surface area contributed by atoms with Gasteiger partial charge in [0.2, 0.25) is 0 Å². The molecule has 0 bridgehead atoms. The van der Waals surface area contributed by atoms with Gasteiger partial charge in [0.05, 0.1) is 25.8 Å². The van der Waals surface area contributed by atoms with E-state index in [2.05, 4.69) is 4.90 Å². The Morgan fingerprint density at radius 1 is 1.20 bits per heavy atom. The van der Waals surface area contributed by atoms with Gasteiger partial charge in [0, 0.05) is 25.0 Å². The fraction of sp³-hybridized carbons (Fsp3) is 0.474. The van der Waals surface area contributed by atoms with Crippen LogP contribution in [0, 0.1) is 0 Å². The molecule has 0 radical (unpaired) electrons. The fourth-order valence-electron chi connectivity index (χ4n) is 3.54. The van der Waals surface area contributed by atoms with Gasteiger partial charge in [-0.25, -0.2) is 4.98 Å². The maximum absolute atomic E-state index is 12.6. The lowest BCUT2D eigenvalue weighted by Gasteiger charge is -2.34. The molecule has 1 amide bonds. The van der Waals surface area contributed by atoms with E-state index in [1.165, 1.54) is 0 Å². The summed E-state index contributed by atoms with van der Waals surface area (Å²) in [4.78, 5) is 21.4. The minimum absolute atomic E-state index is 0.118. The van der Waals surface area contributed by atoms with Crippen LogP contribution in [0.25, 0.3) is 10.9 Å². The Hall–Kier alpha value is -2.34. The number of ether oxygens (including phenoxy) is 2. The highest BCUT2D eigenvalue weighted by molar-refractivity contribution is 5.83. The normalized spacial score (nSPS) is 20.9. The Kier molecular flexibility index (Phi) is 4.44. The number of morpholine rings is 1. The van der Waals surface area contributed by atoms with E-state index >= 15 is 0 Å². The number of nitrogens with zero attached hydrogens (tertiary/aromatic N) is 3. The zero-order valence-corrected chi connectivity index (χ0v) is 14.5. The van der Waals surface area contributed by atoms with Crippen molar-refractivity contribution in [3.8, 4) is 5.75 Å². The molecule has 3 heterocycles. The number of likely N-dealkylation sites (tertiary alicyclic amines) is 1. The van der Waals surface area contributed by atoms with Gasteiger partial charge in [-0.05, 0) is 43.2 Å². The number of hydrogen-bond donors (Lipinski definition) is 0.